The number of carbonyl (C=O) groups excluding carboxylic acids is 1. The number of nitrogens with one attached hydrogen (secondary N) is 1. The van der Waals surface area contributed by atoms with Crippen LogP contribution in [0.15, 0.2) is 24.3 Å². The molecule has 0 saturated carbocycles. The van der Waals surface area contributed by atoms with Crippen LogP contribution in [0.3, 0.4) is 0 Å². The number of aryl methyl sites for hydroxylation is 1. The minimum Gasteiger partial charge on any atom is -0.346 e. The maximum Gasteiger partial charge on any atom is 0.405 e. The van der Waals surface area contributed by atoms with Gasteiger partial charge in [0.25, 0.3) is 0 Å². The first-order valence-corrected chi connectivity index (χ1v) is 6.99. The van der Waals surface area contributed by atoms with E-state index < -0.39 is 24.7 Å². The monoisotopic (exact) mass is 300 g/mol. The van der Waals surface area contributed by atoms with Crippen molar-refractivity contribution in [2.75, 3.05) is 13.1 Å². The first kappa shape index (κ1) is 15.8. The van der Waals surface area contributed by atoms with Crippen molar-refractivity contribution in [2.45, 2.75) is 38.5 Å². The molecule has 0 spiro atoms. The molecule has 1 heterocycles. The molecule has 6 heteroatoms. The van der Waals surface area contributed by atoms with E-state index in [2.05, 4.69) is 0 Å². The van der Waals surface area contributed by atoms with Gasteiger partial charge >= 0.3 is 6.18 Å². The number of halogens is 3. The Labute approximate surface area is 122 Å². The van der Waals surface area contributed by atoms with Crippen LogP contribution in [0.25, 0.3) is 0 Å². The second-order valence-electron chi connectivity index (χ2n) is 5.45. The highest BCUT2D eigenvalue weighted by atomic mass is 19.4. The summed E-state index contributed by atoms with van der Waals surface area (Å²) in [5, 5.41) is 1.99. The average molecular weight is 300 g/mol. The summed E-state index contributed by atoms with van der Waals surface area (Å²) < 4.78 is 36.5. The number of alkyl halides is 3. The zero-order valence-corrected chi connectivity index (χ0v) is 11.9. The molecule has 1 aromatic rings. The number of carbonyl (C=O) groups is 1. The van der Waals surface area contributed by atoms with E-state index in [9.17, 15) is 18.0 Å². The molecular formula is C15H19F3N2O. The average Bonchev–Trinajstić information content (AvgIpc) is 2.83. The Morgan fingerprint density at radius 1 is 1.43 bits per heavy atom. The molecule has 0 bridgehead atoms. The number of hydrogen-bond donors (Lipinski definition) is 1. The summed E-state index contributed by atoms with van der Waals surface area (Å²) in [5.41, 5.74) is 2.20. The number of rotatable bonds is 4. The Morgan fingerprint density at radius 2 is 2.19 bits per heavy atom. The number of likely N-dealkylation sites (tertiary alicyclic amines) is 1. The molecule has 1 atom stereocenters. The normalized spacial score (nSPS) is 19.7. The summed E-state index contributed by atoms with van der Waals surface area (Å²) in [5.74, 6) is -0.530. The van der Waals surface area contributed by atoms with Crippen LogP contribution in [-0.4, -0.2) is 36.1 Å². The lowest BCUT2D eigenvalue weighted by Crippen LogP contribution is -2.45. The van der Waals surface area contributed by atoms with Gasteiger partial charge in [-0.1, -0.05) is 29.8 Å². The van der Waals surface area contributed by atoms with Crippen LogP contribution in [0.1, 0.15) is 24.0 Å². The highest BCUT2D eigenvalue weighted by Crippen LogP contribution is 2.21. The molecule has 1 aromatic carbocycles. The topological polar surface area (TPSA) is 32.3 Å². The van der Waals surface area contributed by atoms with Crippen LogP contribution in [0.2, 0.25) is 0 Å². The Morgan fingerprint density at radius 3 is 2.86 bits per heavy atom. The smallest absolute Gasteiger partial charge is 0.346 e. The van der Waals surface area contributed by atoms with E-state index >= 15 is 0 Å². The van der Waals surface area contributed by atoms with Crippen molar-refractivity contribution in [1.82, 2.24) is 10.2 Å². The summed E-state index contributed by atoms with van der Waals surface area (Å²) in [4.78, 5) is 13.9. The van der Waals surface area contributed by atoms with Crippen molar-refractivity contribution >= 4 is 5.91 Å². The molecule has 1 N–H and O–H groups in total. The van der Waals surface area contributed by atoms with Crippen molar-refractivity contribution in [1.29, 1.82) is 0 Å². The van der Waals surface area contributed by atoms with Gasteiger partial charge in [-0.15, -0.1) is 0 Å². The van der Waals surface area contributed by atoms with Gasteiger partial charge in [0, 0.05) is 6.54 Å². The van der Waals surface area contributed by atoms with Gasteiger partial charge in [0.05, 0.1) is 6.04 Å². The number of amides is 1. The number of benzene rings is 1. The Balaban J connectivity index is 1.95. The molecule has 116 valence electrons. The molecule has 0 aromatic heterocycles. The van der Waals surface area contributed by atoms with Crippen LogP contribution in [0.4, 0.5) is 13.2 Å². The van der Waals surface area contributed by atoms with E-state index in [0.717, 1.165) is 24.1 Å². The molecule has 1 fully saturated rings. The van der Waals surface area contributed by atoms with Crippen LogP contribution in [-0.2, 0) is 11.3 Å². The first-order chi connectivity index (χ1) is 9.85. The quantitative estimate of drug-likeness (QED) is 0.927. The molecule has 1 aliphatic heterocycles. The summed E-state index contributed by atoms with van der Waals surface area (Å²) in [7, 11) is 0. The van der Waals surface area contributed by atoms with Crippen molar-refractivity contribution in [3.05, 3.63) is 35.4 Å². The van der Waals surface area contributed by atoms with Crippen LogP contribution >= 0.6 is 0 Å². The van der Waals surface area contributed by atoms with Crippen LogP contribution in [0, 0.1) is 6.92 Å². The molecule has 1 saturated heterocycles. The third kappa shape index (κ3) is 4.74. The predicted molar refractivity (Wildman–Crippen MR) is 73.7 cm³/mol. The van der Waals surface area contributed by atoms with Gasteiger partial charge in [0.15, 0.2) is 0 Å². The zero-order valence-electron chi connectivity index (χ0n) is 11.9. The maximum absolute atomic E-state index is 12.2. The second-order valence-corrected chi connectivity index (χ2v) is 5.45. The lowest BCUT2D eigenvalue weighted by molar-refractivity contribution is -0.141. The van der Waals surface area contributed by atoms with Gasteiger partial charge in [0.1, 0.15) is 6.54 Å². The lowest BCUT2D eigenvalue weighted by Gasteiger charge is -2.24. The summed E-state index contributed by atoms with van der Waals surface area (Å²) in [6.07, 6.45) is -2.93. The van der Waals surface area contributed by atoms with Crippen molar-refractivity contribution in [3.63, 3.8) is 0 Å². The van der Waals surface area contributed by atoms with Gasteiger partial charge in [0.2, 0.25) is 5.91 Å². The van der Waals surface area contributed by atoms with E-state index in [1.807, 2.05) is 41.4 Å². The minimum atomic E-state index is -4.37. The molecule has 0 radical (unpaired) electrons. The summed E-state index contributed by atoms with van der Waals surface area (Å²) >= 11 is 0. The predicted octanol–water partition coefficient (Wildman–Crippen LogP) is 2.64. The Hall–Kier alpha value is -1.56. The van der Waals surface area contributed by atoms with E-state index in [4.69, 9.17) is 0 Å². The van der Waals surface area contributed by atoms with Crippen LogP contribution in [0.5, 0.6) is 0 Å². The molecule has 2 rings (SSSR count). The molecular weight excluding hydrogens is 281 g/mol. The number of nitrogens with zero attached hydrogens (tertiary/aromatic N) is 1. The van der Waals surface area contributed by atoms with Crippen molar-refractivity contribution < 1.29 is 18.0 Å². The largest absolute Gasteiger partial charge is 0.405 e. The van der Waals surface area contributed by atoms with E-state index in [1.165, 1.54) is 0 Å². The zero-order chi connectivity index (χ0) is 15.5. The molecule has 3 nitrogen and oxygen atoms in total. The molecule has 0 unspecified atom stereocenters. The fraction of sp³-hybridized carbons (Fsp3) is 0.533. The van der Waals surface area contributed by atoms with E-state index in [-0.39, 0.29) is 0 Å². The first-order valence-electron chi connectivity index (χ1n) is 6.99. The van der Waals surface area contributed by atoms with Gasteiger partial charge in [-0.25, -0.2) is 0 Å². The third-order valence-corrected chi connectivity index (χ3v) is 3.60. The molecule has 1 aliphatic rings. The highest BCUT2D eigenvalue weighted by molar-refractivity contribution is 5.82. The fourth-order valence-corrected chi connectivity index (χ4v) is 2.66. The standard InChI is InChI=1S/C15H19F3N2O/c1-11-4-2-5-12(8-11)9-20-7-3-6-13(20)14(21)19-10-15(16,17)18/h2,4-5,8,13H,3,6-7,9-10H2,1H3,(H,19,21)/t13-/m1/s1. The van der Waals surface area contributed by atoms with Crippen molar-refractivity contribution in [3.8, 4) is 0 Å². The van der Waals surface area contributed by atoms with Gasteiger partial charge < -0.3 is 5.32 Å². The molecule has 1 amide bonds. The minimum absolute atomic E-state index is 0.465. The third-order valence-electron chi connectivity index (χ3n) is 3.60. The van der Waals surface area contributed by atoms with Gasteiger partial charge in [-0.05, 0) is 31.9 Å². The Kier molecular flexibility index (Phi) is 4.88. The SMILES string of the molecule is Cc1cccc(CN2CCC[C@@H]2C(=O)NCC(F)(F)F)c1. The summed E-state index contributed by atoms with van der Waals surface area (Å²) in [6.45, 7) is 2.05. The van der Waals surface area contributed by atoms with Crippen LogP contribution < -0.4 is 5.32 Å². The molecule has 21 heavy (non-hydrogen) atoms. The van der Waals surface area contributed by atoms with Crippen molar-refractivity contribution in [2.24, 2.45) is 0 Å². The lowest BCUT2D eigenvalue weighted by atomic mass is 10.1. The van der Waals surface area contributed by atoms with E-state index in [1.54, 1.807) is 0 Å². The molecule has 0 aliphatic carbocycles. The van der Waals surface area contributed by atoms with E-state index in [0.29, 0.717) is 13.0 Å². The second kappa shape index (κ2) is 6.47. The highest BCUT2D eigenvalue weighted by Gasteiger charge is 2.33. The maximum atomic E-state index is 12.2. The van der Waals surface area contributed by atoms with Gasteiger partial charge in [-0.2, -0.15) is 13.2 Å². The fourth-order valence-electron chi connectivity index (χ4n) is 2.66. The summed E-state index contributed by atoms with van der Waals surface area (Å²) in [6, 6.07) is 7.47. The Bertz CT molecular complexity index is 502. The van der Waals surface area contributed by atoms with Gasteiger partial charge in [-0.3, -0.25) is 9.69 Å². The number of hydrogen-bond acceptors (Lipinski definition) is 2.